The van der Waals surface area contributed by atoms with Crippen LogP contribution < -0.4 is 0 Å². The predicted octanol–water partition coefficient (Wildman–Crippen LogP) is 3.88. The van der Waals surface area contributed by atoms with Gasteiger partial charge in [-0.25, -0.2) is 0 Å². The number of amides is 1. The minimum atomic E-state index is -0.434. The van der Waals surface area contributed by atoms with Crippen LogP contribution in [0.4, 0.5) is 5.69 Å². The zero-order valence-corrected chi connectivity index (χ0v) is 16.8. The number of H-pyrrole nitrogens is 1. The Morgan fingerprint density at radius 1 is 1.23 bits per heavy atom. The number of benzene rings is 2. The number of aromatic amines is 1. The molecule has 1 aliphatic rings. The second kappa shape index (κ2) is 8.08. The average molecular weight is 406 g/mol. The molecule has 3 aromatic rings. The minimum absolute atomic E-state index is 0.0163. The molecule has 8 heteroatoms. The summed E-state index contributed by atoms with van der Waals surface area (Å²) in [5, 5.41) is 18.5. The van der Waals surface area contributed by atoms with Crippen LogP contribution in [0.1, 0.15) is 39.6 Å². The van der Waals surface area contributed by atoms with E-state index in [1.807, 2.05) is 36.1 Å². The molecule has 0 aliphatic carbocycles. The van der Waals surface area contributed by atoms with E-state index in [1.54, 1.807) is 19.2 Å². The summed E-state index contributed by atoms with van der Waals surface area (Å²) in [6.07, 6.45) is 0.703. The Labute approximate surface area is 173 Å². The second-order valence-corrected chi connectivity index (χ2v) is 7.33. The first-order chi connectivity index (χ1) is 14.5. The third-order valence-electron chi connectivity index (χ3n) is 5.33. The third-order valence-corrected chi connectivity index (χ3v) is 5.33. The maximum absolute atomic E-state index is 13.2. The molecule has 2 heterocycles. The number of aromatic nitrogens is 2. The van der Waals surface area contributed by atoms with Crippen molar-refractivity contribution in [3.63, 3.8) is 0 Å². The molecule has 2 aromatic carbocycles. The van der Waals surface area contributed by atoms with Crippen molar-refractivity contribution >= 4 is 11.6 Å². The SMILES string of the molecule is COCCCN1C(=O)c2[nH]nc(-c3cccc([N+](=O)[O-])c3)c2C1c1ccc(C)cc1. The van der Waals surface area contributed by atoms with Crippen LogP contribution in [0, 0.1) is 17.0 Å². The molecular weight excluding hydrogens is 384 g/mol. The number of rotatable bonds is 7. The number of aryl methyl sites for hydroxylation is 1. The molecule has 0 fully saturated rings. The molecule has 1 amide bonds. The van der Waals surface area contributed by atoms with Crippen LogP contribution in [0.15, 0.2) is 48.5 Å². The van der Waals surface area contributed by atoms with Crippen molar-refractivity contribution in [2.75, 3.05) is 20.3 Å². The largest absolute Gasteiger partial charge is 0.385 e. The molecule has 0 bridgehead atoms. The van der Waals surface area contributed by atoms with Crippen LogP contribution >= 0.6 is 0 Å². The number of nitrogens with one attached hydrogen (secondary N) is 1. The van der Waals surface area contributed by atoms with E-state index in [9.17, 15) is 14.9 Å². The standard InChI is InChI=1S/C22H22N4O4/c1-14-7-9-15(10-8-14)21-18-19(16-5-3-6-17(13-16)26(28)29)23-24-20(18)22(27)25(21)11-4-12-30-2/h3,5-10,13,21H,4,11-12H2,1-2H3,(H,23,24). The lowest BCUT2D eigenvalue weighted by molar-refractivity contribution is -0.384. The van der Waals surface area contributed by atoms with Crippen LogP contribution in [-0.2, 0) is 4.74 Å². The molecule has 0 spiro atoms. The molecule has 4 rings (SSSR count). The molecule has 0 saturated carbocycles. The zero-order chi connectivity index (χ0) is 21.3. The van der Waals surface area contributed by atoms with Crippen LogP contribution in [0.5, 0.6) is 0 Å². The first kappa shape index (κ1) is 19.8. The van der Waals surface area contributed by atoms with Crippen molar-refractivity contribution in [3.8, 4) is 11.3 Å². The van der Waals surface area contributed by atoms with Crippen LogP contribution in [-0.4, -0.2) is 46.2 Å². The van der Waals surface area contributed by atoms with Gasteiger partial charge in [0.05, 0.1) is 16.7 Å². The summed E-state index contributed by atoms with van der Waals surface area (Å²) in [6.45, 7) is 3.09. The number of non-ortho nitro benzene ring substituents is 1. The van der Waals surface area contributed by atoms with Gasteiger partial charge in [-0.2, -0.15) is 5.10 Å². The number of nitro groups is 1. The van der Waals surface area contributed by atoms with E-state index in [-0.39, 0.29) is 17.6 Å². The first-order valence-electron chi connectivity index (χ1n) is 9.71. The highest BCUT2D eigenvalue weighted by atomic mass is 16.6. The summed E-state index contributed by atoms with van der Waals surface area (Å²) in [4.78, 5) is 25.8. The van der Waals surface area contributed by atoms with Gasteiger partial charge in [-0.05, 0) is 18.9 Å². The van der Waals surface area contributed by atoms with Crippen LogP contribution in [0.3, 0.4) is 0 Å². The summed E-state index contributed by atoms with van der Waals surface area (Å²) >= 11 is 0. The Balaban J connectivity index is 1.82. The van der Waals surface area contributed by atoms with E-state index >= 15 is 0 Å². The lowest BCUT2D eigenvalue weighted by Crippen LogP contribution is -2.31. The van der Waals surface area contributed by atoms with Crippen molar-refractivity contribution in [2.45, 2.75) is 19.4 Å². The van der Waals surface area contributed by atoms with Gasteiger partial charge in [0.1, 0.15) is 5.69 Å². The van der Waals surface area contributed by atoms with E-state index in [0.29, 0.717) is 36.5 Å². The minimum Gasteiger partial charge on any atom is -0.385 e. The monoisotopic (exact) mass is 406 g/mol. The Kier molecular flexibility index (Phi) is 5.33. The summed E-state index contributed by atoms with van der Waals surface area (Å²) in [6, 6.07) is 14.0. The summed E-state index contributed by atoms with van der Waals surface area (Å²) < 4.78 is 5.16. The topological polar surface area (TPSA) is 101 Å². The van der Waals surface area contributed by atoms with E-state index in [2.05, 4.69) is 10.2 Å². The number of ether oxygens (including phenoxy) is 1. The molecule has 1 atom stereocenters. The maximum atomic E-state index is 13.2. The lowest BCUT2D eigenvalue weighted by atomic mass is 9.95. The lowest BCUT2D eigenvalue weighted by Gasteiger charge is -2.26. The molecule has 30 heavy (non-hydrogen) atoms. The van der Waals surface area contributed by atoms with Crippen LogP contribution in [0.25, 0.3) is 11.3 Å². The van der Waals surface area contributed by atoms with Gasteiger partial charge in [0, 0.05) is 43.5 Å². The van der Waals surface area contributed by atoms with Gasteiger partial charge in [0.2, 0.25) is 0 Å². The highest BCUT2D eigenvalue weighted by Gasteiger charge is 2.41. The molecule has 1 N–H and O–H groups in total. The molecule has 0 saturated heterocycles. The summed E-state index contributed by atoms with van der Waals surface area (Å²) in [7, 11) is 1.64. The predicted molar refractivity (Wildman–Crippen MR) is 111 cm³/mol. The van der Waals surface area contributed by atoms with Crippen molar-refractivity contribution in [1.29, 1.82) is 0 Å². The number of hydrogen-bond donors (Lipinski definition) is 1. The quantitative estimate of drug-likeness (QED) is 0.365. The molecule has 1 unspecified atom stereocenters. The van der Waals surface area contributed by atoms with Gasteiger partial charge in [-0.15, -0.1) is 0 Å². The number of nitrogens with zero attached hydrogens (tertiary/aromatic N) is 3. The van der Waals surface area contributed by atoms with Gasteiger partial charge in [0.15, 0.2) is 0 Å². The number of hydrogen-bond acceptors (Lipinski definition) is 5. The molecule has 154 valence electrons. The molecule has 8 nitrogen and oxygen atoms in total. The molecule has 1 aliphatic heterocycles. The van der Waals surface area contributed by atoms with Crippen LogP contribution in [0.2, 0.25) is 0 Å². The number of nitro benzene ring substituents is 1. The highest BCUT2D eigenvalue weighted by molar-refractivity contribution is 6.00. The zero-order valence-electron chi connectivity index (χ0n) is 16.8. The summed E-state index contributed by atoms with van der Waals surface area (Å²) in [5.74, 6) is -0.129. The van der Waals surface area contributed by atoms with E-state index < -0.39 is 4.92 Å². The number of carbonyl (C=O) groups excluding carboxylic acids is 1. The van der Waals surface area contributed by atoms with E-state index in [0.717, 1.165) is 16.7 Å². The normalized spacial score (nSPS) is 15.5. The van der Waals surface area contributed by atoms with Gasteiger partial charge < -0.3 is 9.64 Å². The molecular formula is C22H22N4O4. The smallest absolute Gasteiger partial charge is 0.273 e. The molecule has 0 radical (unpaired) electrons. The molecule has 1 aromatic heterocycles. The summed E-state index contributed by atoms with van der Waals surface area (Å²) in [5.41, 5.74) is 4.42. The Bertz CT molecular complexity index is 1090. The van der Waals surface area contributed by atoms with Gasteiger partial charge in [-0.3, -0.25) is 20.0 Å². The fourth-order valence-corrected chi connectivity index (χ4v) is 3.89. The Hall–Kier alpha value is -3.52. The van der Waals surface area contributed by atoms with Gasteiger partial charge in [0.25, 0.3) is 11.6 Å². The number of carbonyl (C=O) groups is 1. The Morgan fingerprint density at radius 2 is 2.00 bits per heavy atom. The number of methoxy groups -OCH3 is 1. The first-order valence-corrected chi connectivity index (χ1v) is 9.71. The van der Waals surface area contributed by atoms with Crippen molar-refractivity contribution in [1.82, 2.24) is 15.1 Å². The van der Waals surface area contributed by atoms with Gasteiger partial charge >= 0.3 is 0 Å². The average Bonchev–Trinajstić information content (AvgIpc) is 3.29. The maximum Gasteiger partial charge on any atom is 0.273 e. The van der Waals surface area contributed by atoms with E-state index in [4.69, 9.17) is 4.74 Å². The third kappa shape index (κ3) is 3.46. The van der Waals surface area contributed by atoms with E-state index in [1.165, 1.54) is 12.1 Å². The Morgan fingerprint density at radius 3 is 2.70 bits per heavy atom. The fourth-order valence-electron chi connectivity index (χ4n) is 3.89. The number of fused-ring (bicyclic) bond motifs is 1. The van der Waals surface area contributed by atoms with Gasteiger partial charge in [-0.1, -0.05) is 42.0 Å². The highest BCUT2D eigenvalue weighted by Crippen LogP contribution is 2.43. The van der Waals surface area contributed by atoms with Crippen molar-refractivity contribution < 1.29 is 14.5 Å². The fraction of sp³-hybridized carbons (Fsp3) is 0.273. The van der Waals surface area contributed by atoms with Crippen molar-refractivity contribution in [3.05, 3.63) is 81.0 Å². The van der Waals surface area contributed by atoms with Crippen molar-refractivity contribution in [2.24, 2.45) is 0 Å². The second-order valence-electron chi connectivity index (χ2n) is 7.33.